The summed E-state index contributed by atoms with van der Waals surface area (Å²) in [5, 5.41) is 2.57. The number of nitrogens with two attached hydrogens (primary N) is 1. The van der Waals surface area contributed by atoms with Crippen molar-refractivity contribution in [3.63, 3.8) is 0 Å². The Kier molecular flexibility index (Phi) is 6.80. The molecule has 0 saturated carbocycles. The van der Waals surface area contributed by atoms with Crippen LogP contribution in [0.15, 0.2) is 30.3 Å². The van der Waals surface area contributed by atoms with Crippen LogP contribution in [0.1, 0.15) is 25.5 Å². The fourth-order valence-electron chi connectivity index (χ4n) is 1.97. The summed E-state index contributed by atoms with van der Waals surface area (Å²) in [6.45, 7) is 4.40. The summed E-state index contributed by atoms with van der Waals surface area (Å²) in [6.07, 6.45) is 0. The third-order valence-corrected chi connectivity index (χ3v) is 5.09. The number of hydrogen-bond donors (Lipinski definition) is 2. The number of nitrogens with zero attached hydrogens (tertiary/aromatic N) is 1. The number of nitrogens with one attached hydrogen (secondary N) is 1. The molecule has 118 valence electrons. The van der Waals surface area contributed by atoms with Gasteiger partial charge in [0, 0.05) is 25.7 Å². The zero-order valence-electron chi connectivity index (χ0n) is 12.5. The molecule has 1 rings (SSSR count). The molecule has 3 N–H and O–H groups in total. The van der Waals surface area contributed by atoms with Crippen molar-refractivity contribution in [2.24, 2.45) is 5.73 Å². The first-order valence-electron chi connectivity index (χ1n) is 6.95. The zero-order valence-corrected chi connectivity index (χ0v) is 13.3. The van der Waals surface area contributed by atoms with Crippen molar-refractivity contribution >= 4 is 15.9 Å². The summed E-state index contributed by atoms with van der Waals surface area (Å²) in [4.78, 5) is 11.8. The molecular formula is C14H23N3O3S. The van der Waals surface area contributed by atoms with Gasteiger partial charge in [-0.1, -0.05) is 44.2 Å². The topological polar surface area (TPSA) is 92.5 Å². The number of carbonyl (C=O) groups excluding carboxylic acids is 1. The lowest BCUT2D eigenvalue weighted by molar-refractivity contribution is -0.118. The molecule has 0 aliphatic rings. The largest absolute Gasteiger partial charge is 0.353 e. The second kappa shape index (κ2) is 8.11. The third kappa shape index (κ3) is 5.45. The van der Waals surface area contributed by atoms with Gasteiger partial charge in [-0.15, -0.1) is 0 Å². The minimum Gasteiger partial charge on any atom is -0.353 e. The Bertz CT molecular complexity index is 542. The highest BCUT2D eigenvalue weighted by Crippen LogP contribution is 2.08. The van der Waals surface area contributed by atoms with Crippen molar-refractivity contribution in [3.05, 3.63) is 35.9 Å². The van der Waals surface area contributed by atoms with E-state index in [2.05, 4.69) is 5.32 Å². The highest BCUT2D eigenvalue weighted by molar-refractivity contribution is 7.89. The van der Waals surface area contributed by atoms with Crippen molar-refractivity contribution in [3.8, 4) is 0 Å². The SMILES string of the molecule is CCN(CC)S(=O)(=O)CC(=O)NCC(N)c1ccccc1. The lowest BCUT2D eigenvalue weighted by atomic mass is 10.1. The molecule has 1 amide bonds. The lowest BCUT2D eigenvalue weighted by Gasteiger charge is -2.18. The average Bonchev–Trinajstić information content (AvgIpc) is 2.46. The summed E-state index contributed by atoms with van der Waals surface area (Å²) >= 11 is 0. The summed E-state index contributed by atoms with van der Waals surface area (Å²) in [5.74, 6) is -1.08. The van der Waals surface area contributed by atoms with Gasteiger partial charge in [-0.3, -0.25) is 4.79 Å². The molecule has 0 radical (unpaired) electrons. The van der Waals surface area contributed by atoms with Crippen molar-refractivity contribution in [2.45, 2.75) is 19.9 Å². The Morgan fingerprint density at radius 1 is 1.24 bits per heavy atom. The highest BCUT2D eigenvalue weighted by atomic mass is 32.2. The summed E-state index contributed by atoms with van der Waals surface area (Å²) in [5.41, 5.74) is 6.84. The van der Waals surface area contributed by atoms with Gasteiger partial charge in [-0.25, -0.2) is 12.7 Å². The van der Waals surface area contributed by atoms with E-state index in [1.807, 2.05) is 30.3 Å². The van der Waals surface area contributed by atoms with Gasteiger partial charge in [0.05, 0.1) is 0 Å². The molecule has 1 unspecified atom stereocenters. The van der Waals surface area contributed by atoms with Crippen LogP contribution < -0.4 is 11.1 Å². The normalized spacial score (nSPS) is 13.1. The minimum atomic E-state index is -3.55. The predicted octanol–water partition coefficient (Wildman–Crippen LogP) is 0.474. The molecular weight excluding hydrogens is 290 g/mol. The van der Waals surface area contributed by atoms with Crippen LogP contribution in [0.5, 0.6) is 0 Å². The second-order valence-electron chi connectivity index (χ2n) is 4.66. The average molecular weight is 313 g/mol. The molecule has 0 aliphatic carbocycles. The Morgan fingerprint density at radius 2 is 1.81 bits per heavy atom. The van der Waals surface area contributed by atoms with E-state index in [0.29, 0.717) is 13.1 Å². The standard InChI is InChI=1S/C14H23N3O3S/c1-3-17(4-2)21(19,20)11-14(18)16-10-13(15)12-8-6-5-7-9-12/h5-9,13H,3-4,10-11,15H2,1-2H3,(H,16,18). The van der Waals surface area contributed by atoms with Gasteiger partial charge in [0.2, 0.25) is 15.9 Å². The first kappa shape index (κ1) is 17.6. The van der Waals surface area contributed by atoms with E-state index in [-0.39, 0.29) is 12.6 Å². The number of benzene rings is 1. The monoisotopic (exact) mass is 313 g/mol. The van der Waals surface area contributed by atoms with Crippen molar-refractivity contribution in [1.29, 1.82) is 0 Å². The van der Waals surface area contributed by atoms with Crippen molar-refractivity contribution in [1.82, 2.24) is 9.62 Å². The molecule has 0 fully saturated rings. The highest BCUT2D eigenvalue weighted by Gasteiger charge is 2.22. The Labute approximate surface area is 126 Å². The lowest BCUT2D eigenvalue weighted by Crippen LogP contribution is -2.41. The molecule has 0 bridgehead atoms. The third-order valence-electron chi connectivity index (χ3n) is 3.16. The van der Waals surface area contributed by atoms with Gasteiger partial charge in [-0.05, 0) is 5.56 Å². The van der Waals surface area contributed by atoms with Gasteiger partial charge in [0.1, 0.15) is 5.75 Å². The quantitative estimate of drug-likeness (QED) is 0.730. The zero-order chi connectivity index (χ0) is 15.9. The van der Waals surface area contributed by atoms with E-state index in [0.717, 1.165) is 5.56 Å². The van der Waals surface area contributed by atoms with Gasteiger partial charge < -0.3 is 11.1 Å². The molecule has 0 aromatic heterocycles. The molecule has 0 aliphatic heterocycles. The van der Waals surface area contributed by atoms with Crippen LogP contribution in [0, 0.1) is 0 Å². The molecule has 7 heteroatoms. The fourth-order valence-corrected chi connectivity index (χ4v) is 3.37. The van der Waals surface area contributed by atoms with E-state index in [1.54, 1.807) is 13.8 Å². The van der Waals surface area contributed by atoms with E-state index < -0.39 is 21.7 Å². The summed E-state index contributed by atoms with van der Waals surface area (Å²) in [7, 11) is -3.55. The van der Waals surface area contributed by atoms with Gasteiger partial charge in [0.25, 0.3) is 0 Å². The molecule has 1 aromatic rings. The Morgan fingerprint density at radius 3 is 2.33 bits per heavy atom. The predicted molar refractivity (Wildman–Crippen MR) is 83.1 cm³/mol. The maximum Gasteiger partial charge on any atom is 0.236 e. The van der Waals surface area contributed by atoms with Crippen molar-refractivity contribution in [2.75, 3.05) is 25.4 Å². The molecule has 6 nitrogen and oxygen atoms in total. The maximum atomic E-state index is 12.0. The number of amides is 1. The minimum absolute atomic E-state index is 0.205. The molecule has 1 atom stereocenters. The number of rotatable bonds is 8. The second-order valence-corrected chi connectivity index (χ2v) is 6.63. The van der Waals surface area contributed by atoms with Crippen LogP contribution in [0.25, 0.3) is 0 Å². The first-order valence-corrected chi connectivity index (χ1v) is 8.56. The smallest absolute Gasteiger partial charge is 0.236 e. The van der Waals surface area contributed by atoms with Gasteiger partial charge >= 0.3 is 0 Å². The first-order chi connectivity index (χ1) is 9.90. The van der Waals surface area contributed by atoms with Gasteiger partial charge in [0.15, 0.2) is 0 Å². The molecule has 1 aromatic carbocycles. The van der Waals surface area contributed by atoms with E-state index >= 15 is 0 Å². The van der Waals surface area contributed by atoms with Crippen LogP contribution in [0.2, 0.25) is 0 Å². The number of carbonyl (C=O) groups is 1. The van der Waals surface area contributed by atoms with E-state index in [4.69, 9.17) is 5.73 Å². The van der Waals surface area contributed by atoms with Crippen LogP contribution in [0.3, 0.4) is 0 Å². The summed E-state index contributed by atoms with van der Waals surface area (Å²) < 4.78 is 25.2. The van der Waals surface area contributed by atoms with E-state index in [9.17, 15) is 13.2 Å². The Hall–Kier alpha value is -1.44. The molecule has 21 heavy (non-hydrogen) atoms. The maximum absolute atomic E-state index is 12.0. The van der Waals surface area contributed by atoms with Crippen LogP contribution >= 0.6 is 0 Å². The van der Waals surface area contributed by atoms with Crippen molar-refractivity contribution < 1.29 is 13.2 Å². The Balaban J connectivity index is 2.51. The fraction of sp³-hybridized carbons (Fsp3) is 0.500. The number of hydrogen-bond acceptors (Lipinski definition) is 4. The van der Waals surface area contributed by atoms with Crippen LogP contribution in [0.4, 0.5) is 0 Å². The van der Waals surface area contributed by atoms with Crippen LogP contribution in [-0.4, -0.2) is 44.0 Å². The number of sulfonamides is 1. The molecule has 0 spiro atoms. The summed E-state index contributed by atoms with van der Waals surface area (Å²) in [6, 6.07) is 8.98. The molecule has 0 saturated heterocycles. The van der Waals surface area contributed by atoms with Crippen LogP contribution in [-0.2, 0) is 14.8 Å². The molecule has 0 heterocycles. The van der Waals surface area contributed by atoms with Gasteiger partial charge in [-0.2, -0.15) is 0 Å². The van der Waals surface area contributed by atoms with E-state index in [1.165, 1.54) is 4.31 Å².